The Bertz CT molecular complexity index is 909. The van der Waals surface area contributed by atoms with Crippen molar-refractivity contribution in [1.82, 2.24) is 9.78 Å². The van der Waals surface area contributed by atoms with E-state index in [2.05, 4.69) is 36.3 Å². The van der Waals surface area contributed by atoms with Gasteiger partial charge in [-0.2, -0.15) is 5.10 Å². The molecule has 4 nitrogen and oxygen atoms in total. The van der Waals surface area contributed by atoms with Gasteiger partial charge in [-0.15, -0.1) is 0 Å². The molecule has 1 amide bonds. The molecular weight excluding hydrogens is 310 g/mol. The molecule has 2 aromatic carbocycles. The van der Waals surface area contributed by atoms with Gasteiger partial charge in [-0.3, -0.25) is 9.48 Å². The van der Waals surface area contributed by atoms with E-state index in [-0.39, 0.29) is 11.8 Å². The third-order valence-electron chi connectivity index (χ3n) is 5.03. The number of benzene rings is 2. The maximum Gasteiger partial charge on any atom is 0.230 e. The van der Waals surface area contributed by atoms with Crippen LogP contribution in [0.1, 0.15) is 31.2 Å². The third-order valence-corrected chi connectivity index (χ3v) is 5.03. The summed E-state index contributed by atoms with van der Waals surface area (Å²) in [6.07, 6.45) is 5.79. The maximum absolute atomic E-state index is 13.2. The standard InChI is InChI=1S/C21H23N3O/c1-3-11-24(20-10-6-8-15-7-4-5-9-17(15)20)21(25)19-12-18(19)16-13-22-23(2)14-16/h4-10,13-14,18-19H,3,11-12H2,1-2H3/t18-,19-/m1/s1. The topological polar surface area (TPSA) is 38.1 Å². The molecule has 0 aliphatic heterocycles. The summed E-state index contributed by atoms with van der Waals surface area (Å²) in [7, 11) is 1.92. The average Bonchev–Trinajstić information content (AvgIpc) is 3.32. The molecule has 0 N–H and O–H groups in total. The monoisotopic (exact) mass is 333 g/mol. The fourth-order valence-electron chi connectivity index (χ4n) is 3.68. The number of hydrogen-bond acceptors (Lipinski definition) is 2. The van der Waals surface area contributed by atoms with Crippen LogP contribution in [0.3, 0.4) is 0 Å². The molecule has 2 atom stereocenters. The van der Waals surface area contributed by atoms with Crippen LogP contribution in [0.5, 0.6) is 0 Å². The van der Waals surface area contributed by atoms with E-state index in [1.165, 1.54) is 10.9 Å². The zero-order valence-electron chi connectivity index (χ0n) is 14.7. The fraction of sp³-hybridized carbons (Fsp3) is 0.333. The van der Waals surface area contributed by atoms with Gasteiger partial charge in [0.2, 0.25) is 5.91 Å². The molecule has 128 valence electrons. The van der Waals surface area contributed by atoms with E-state index < -0.39 is 0 Å². The highest BCUT2D eigenvalue weighted by Crippen LogP contribution is 2.49. The number of hydrogen-bond donors (Lipinski definition) is 0. The molecule has 0 radical (unpaired) electrons. The second-order valence-electron chi connectivity index (χ2n) is 6.88. The first-order chi connectivity index (χ1) is 12.2. The van der Waals surface area contributed by atoms with E-state index in [9.17, 15) is 4.79 Å². The minimum atomic E-state index is 0.0784. The fourth-order valence-corrected chi connectivity index (χ4v) is 3.68. The normalized spacial score (nSPS) is 19.1. The van der Waals surface area contributed by atoms with Crippen molar-refractivity contribution in [3.63, 3.8) is 0 Å². The molecule has 4 heteroatoms. The SMILES string of the molecule is CCCN(C(=O)[C@@H]1C[C@@H]1c1cnn(C)c1)c1cccc2ccccc12. The quantitative estimate of drug-likeness (QED) is 0.704. The molecule has 1 heterocycles. The highest BCUT2D eigenvalue weighted by molar-refractivity contribution is 6.05. The summed E-state index contributed by atoms with van der Waals surface area (Å²) in [4.78, 5) is 15.2. The van der Waals surface area contributed by atoms with E-state index >= 15 is 0 Å². The second-order valence-corrected chi connectivity index (χ2v) is 6.88. The van der Waals surface area contributed by atoms with Gasteiger partial charge in [0, 0.05) is 31.1 Å². The molecule has 0 saturated heterocycles. The van der Waals surface area contributed by atoms with Crippen LogP contribution < -0.4 is 4.90 Å². The molecule has 4 rings (SSSR count). The van der Waals surface area contributed by atoms with Crippen molar-refractivity contribution in [2.24, 2.45) is 13.0 Å². The molecule has 1 saturated carbocycles. The number of fused-ring (bicyclic) bond motifs is 1. The number of aromatic nitrogens is 2. The van der Waals surface area contributed by atoms with E-state index in [4.69, 9.17) is 0 Å². The van der Waals surface area contributed by atoms with E-state index in [1.54, 1.807) is 0 Å². The van der Waals surface area contributed by atoms with Gasteiger partial charge in [-0.25, -0.2) is 0 Å². The predicted molar refractivity (Wildman–Crippen MR) is 101 cm³/mol. The Kier molecular flexibility index (Phi) is 4.04. The number of carbonyl (C=O) groups is 1. The Hall–Kier alpha value is -2.62. The van der Waals surface area contributed by atoms with E-state index in [0.717, 1.165) is 30.5 Å². The Morgan fingerprint density at radius 3 is 2.80 bits per heavy atom. The first-order valence-electron chi connectivity index (χ1n) is 8.96. The van der Waals surface area contributed by atoms with Gasteiger partial charge in [-0.1, -0.05) is 43.3 Å². The number of anilines is 1. The van der Waals surface area contributed by atoms with Crippen LogP contribution in [0, 0.1) is 5.92 Å². The van der Waals surface area contributed by atoms with Gasteiger partial charge in [0.25, 0.3) is 0 Å². The van der Waals surface area contributed by atoms with Crippen molar-refractivity contribution < 1.29 is 4.79 Å². The third kappa shape index (κ3) is 2.93. The van der Waals surface area contributed by atoms with Crippen LogP contribution in [-0.4, -0.2) is 22.2 Å². The molecule has 0 spiro atoms. The van der Waals surface area contributed by atoms with E-state index in [1.807, 2.05) is 47.2 Å². The second kappa shape index (κ2) is 6.36. The molecule has 0 bridgehead atoms. The van der Waals surface area contributed by atoms with Crippen LogP contribution in [0.4, 0.5) is 5.69 Å². The summed E-state index contributed by atoms with van der Waals surface area (Å²) in [5.41, 5.74) is 2.21. The summed E-state index contributed by atoms with van der Waals surface area (Å²) in [5, 5.41) is 6.56. The summed E-state index contributed by atoms with van der Waals surface area (Å²) in [6.45, 7) is 2.88. The Labute approximate surface area is 148 Å². The summed E-state index contributed by atoms with van der Waals surface area (Å²) >= 11 is 0. The van der Waals surface area contributed by atoms with Gasteiger partial charge in [0.05, 0.1) is 11.9 Å². The van der Waals surface area contributed by atoms with Crippen molar-refractivity contribution in [3.8, 4) is 0 Å². The van der Waals surface area contributed by atoms with Crippen LogP contribution in [0.15, 0.2) is 54.9 Å². The van der Waals surface area contributed by atoms with Crippen LogP contribution in [0.25, 0.3) is 10.8 Å². The number of amides is 1. The predicted octanol–water partition coefficient (Wildman–Crippen LogP) is 4.12. The Balaban J connectivity index is 1.64. The van der Waals surface area contributed by atoms with Crippen molar-refractivity contribution in [2.75, 3.05) is 11.4 Å². The summed E-state index contributed by atoms with van der Waals surface area (Å²) in [6, 6.07) is 14.5. The molecule has 1 fully saturated rings. The summed E-state index contributed by atoms with van der Waals surface area (Å²) < 4.78 is 1.81. The molecule has 25 heavy (non-hydrogen) atoms. The van der Waals surface area contributed by atoms with Gasteiger partial charge in [-0.05, 0) is 35.8 Å². The number of aryl methyl sites for hydroxylation is 1. The Morgan fingerprint density at radius 2 is 2.04 bits per heavy atom. The highest BCUT2D eigenvalue weighted by atomic mass is 16.2. The Morgan fingerprint density at radius 1 is 1.24 bits per heavy atom. The lowest BCUT2D eigenvalue weighted by atomic mass is 10.1. The average molecular weight is 333 g/mol. The first-order valence-corrected chi connectivity index (χ1v) is 8.96. The molecule has 1 aromatic heterocycles. The van der Waals surface area contributed by atoms with Crippen molar-refractivity contribution in [1.29, 1.82) is 0 Å². The summed E-state index contributed by atoms with van der Waals surface area (Å²) in [5.74, 6) is 0.636. The molecule has 0 unspecified atom stereocenters. The zero-order valence-corrected chi connectivity index (χ0v) is 14.7. The van der Waals surface area contributed by atoms with Crippen LogP contribution in [0.2, 0.25) is 0 Å². The lowest BCUT2D eigenvalue weighted by molar-refractivity contribution is -0.119. The van der Waals surface area contributed by atoms with Gasteiger partial charge >= 0.3 is 0 Å². The largest absolute Gasteiger partial charge is 0.312 e. The van der Waals surface area contributed by atoms with Crippen molar-refractivity contribution >= 4 is 22.4 Å². The zero-order chi connectivity index (χ0) is 17.4. The van der Waals surface area contributed by atoms with Gasteiger partial charge < -0.3 is 4.90 Å². The number of nitrogens with zero attached hydrogens (tertiary/aromatic N) is 3. The molecule has 1 aliphatic carbocycles. The minimum Gasteiger partial charge on any atom is -0.312 e. The molecular formula is C21H23N3O. The number of carbonyl (C=O) groups excluding carboxylic acids is 1. The lowest BCUT2D eigenvalue weighted by Crippen LogP contribution is -2.33. The smallest absolute Gasteiger partial charge is 0.230 e. The molecule has 3 aromatic rings. The first kappa shape index (κ1) is 15.9. The highest BCUT2D eigenvalue weighted by Gasteiger charge is 2.46. The van der Waals surface area contributed by atoms with Gasteiger partial charge in [0.1, 0.15) is 0 Å². The lowest BCUT2D eigenvalue weighted by Gasteiger charge is -2.24. The van der Waals surface area contributed by atoms with Crippen molar-refractivity contribution in [2.45, 2.75) is 25.7 Å². The van der Waals surface area contributed by atoms with Crippen LogP contribution in [-0.2, 0) is 11.8 Å². The van der Waals surface area contributed by atoms with Crippen molar-refractivity contribution in [3.05, 3.63) is 60.4 Å². The maximum atomic E-state index is 13.2. The molecule has 1 aliphatic rings. The minimum absolute atomic E-state index is 0.0784. The van der Waals surface area contributed by atoms with Gasteiger partial charge in [0.15, 0.2) is 0 Å². The van der Waals surface area contributed by atoms with Crippen LogP contribution >= 0.6 is 0 Å². The van der Waals surface area contributed by atoms with E-state index in [0.29, 0.717) is 5.92 Å². The number of rotatable bonds is 5.